The molecule has 1 saturated carbocycles. The van der Waals surface area contributed by atoms with Crippen molar-refractivity contribution in [3.05, 3.63) is 77.4 Å². The molecular weight excluding hydrogens is 366 g/mol. The quantitative estimate of drug-likeness (QED) is 0.735. The molecule has 0 unspecified atom stereocenters. The largest absolute Gasteiger partial charge is 0.272 e. The van der Waals surface area contributed by atoms with Crippen LogP contribution in [0.25, 0.3) is 6.08 Å². The fraction of sp³-hybridized carbons (Fsp3) is 0.261. The summed E-state index contributed by atoms with van der Waals surface area (Å²) in [5.41, 5.74) is 4.90. The van der Waals surface area contributed by atoms with Crippen LogP contribution in [0.2, 0.25) is 0 Å². The Morgan fingerprint density at radius 2 is 1.79 bits per heavy atom. The van der Waals surface area contributed by atoms with Crippen LogP contribution in [0, 0.1) is 5.92 Å². The smallest absolute Gasteiger partial charge is 0.258 e. The number of allylic oxidation sites excluding steroid dienone is 1. The van der Waals surface area contributed by atoms with Gasteiger partial charge in [-0.25, -0.2) is 5.01 Å². The van der Waals surface area contributed by atoms with E-state index >= 15 is 0 Å². The van der Waals surface area contributed by atoms with Crippen LogP contribution >= 0.6 is 11.8 Å². The van der Waals surface area contributed by atoms with Crippen LogP contribution in [0.1, 0.15) is 36.4 Å². The van der Waals surface area contributed by atoms with Crippen molar-refractivity contribution in [2.24, 2.45) is 16.0 Å². The summed E-state index contributed by atoms with van der Waals surface area (Å²) in [6, 6.07) is 21.1. The summed E-state index contributed by atoms with van der Waals surface area (Å²) in [4.78, 5) is 16.0. The van der Waals surface area contributed by atoms with Gasteiger partial charge in [0.2, 0.25) is 0 Å². The summed E-state index contributed by atoms with van der Waals surface area (Å²) in [7, 11) is 0. The van der Waals surface area contributed by atoms with Gasteiger partial charge in [-0.15, -0.1) is 0 Å². The molecule has 28 heavy (non-hydrogen) atoms. The molecule has 2 atom stereocenters. The summed E-state index contributed by atoms with van der Waals surface area (Å²) < 4.78 is 0. The molecule has 0 N–H and O–H groups in total. The van der Waals surface area contributed by atoms with E-state index in [1.54, 1.807) is 0 Å². The van der Waals surface area contributed by atoms with Crippen LogP contribution in [-0.4, -0.2) is 27.5 Å². The summed E-state index contributed by atoms with van der Waals surface area (Å²) in [5, 5.41) is 7.78. The third-order valence-electron chi connectivity index (χ3n) is 5.52. The Hall–Kier alpha value is -2.66. The summed E-state index contributed by atoms with van der Waals surface area (Å²) in [6.07, 6.45) is 5.56. The number of hydrogen-bond donors (Lipinski definition) is 0. The molecule has 0 spiro atoms. The number of rotatable bonds is 2. The van der Waals surface area contributed by atoms with E-state index < -0.39 is 0 Å². The van der Waals surface area contributed by atoms with Crippen molar-refractivity contribution in [1.29, 1.82) is 0 Å². The van der Waals surface area contributed by atoms with Crippen molar-refractivity contribution >= 4 is 34.6 Å². The number of fused-ring (bicyclic) bond motifs is 1. The molecular formula is C23H21N3OS. The van der Waals surface area contributed by atoms with Gasteiger partial charge in [-0.05, 0) is 42.0 Å². The number of amidine groups is 1. The fourth-order valence-electron chi connectivity index (χ4n) is 4.31. The number of hydrazone groups is 1. The third kappa shape index (κ3) is 3.20. The highest BCUT2D eigenvalue weighted by Gasteiger charge is 2.43. The number of carbonyl (C=O) groups is 1. The molecule has 2 aromatic carbocycles. The Bertz CT molecular complexity index is 981. The molecule has 1 aliphatic carbocycles. The van der Waals surface area contributed by atoms with Gasteiger partial charge in [0, 0.05) is 5.92 Å². The average molecular weight is 388 g/mol. The predicted octanol–water partition coefficient (Wildman–Crippen LogP) is 4.91. The first-order valence-electron chi connectivity index (χ1n) is 9.72. The van der Waals surface area contributed by atoms with Crippen molar-refractivity contribution < 1.29 is 4.79 Å². The van der Waals surface area contributed by atoms with Crippen molar-refractivity contribution in [2.45, 2.75) is 25.3 Å². The van der Waals surface area contributed by atoms with Gasteiger partial charge in [-0.2, -0.15) is 10.1 Å². The zero-order valence-corrected chi connectivity index (χ0v) is 16.3. The second-order valence-corrected chi connectivity index (χ2v) is 8.28. The first kappa shape index (κ1) is 17.4. The molecule has 2 aromatic rings. The van der Waals surface area contributed by atoms with Gasteiger partial charge < -0.3 is 0 Å². The maximum absolute atomic E-state index is 11.8. The van der Waals surface area contributed by atoms with Gasteiger partial charge in [-0.3, -0.25) is 4.79 Å². The molecule has 5 rings (SSSR count). The van der Waals surface area contributed by atoms with Gasteiger partial charge in [0.15, 0.2) is 5.17 Å². The van der Waals surface area contributed by atoms with E-state index in [9.17, 15) is 4.79 Å². The Balaban J connectivity index is 1.57. The zero-order chi connectivity index (χ0) is 18.9. The molecule has 1 fully saturated rings. The van der Waals surface area contributed by atoms with Crippen LogP contribution in [0.5, 0.6) is 0 Å². The van der Waals surface area contributed by atoms with E-state index in [1.807, 2.05) is 17.1 Å². The number of aliphatic imine (C=N–C) groups is 1. The molecule has 0 saturated heterocycles. The highest BCUT2D eigenvalue weighted by molar-refractivity contribution is 8.14. The lowest BCUT2D eigenvalue weighted by molar-refractivity contribution is -0.115. The first-order valence-corrected chi connectivity index (χ1v) is 10.7. The average Bonchev–Trinajstić information content (AvgIpc) is 3.33. The maximum Gasteiger partial charge on any atom is 0.258 e. The van der Waals surface area contributed by atoms with E-state index in [0.29, 0.717) is 11.7 Å². The normalized spacial score (nSPS) is 25.6. The minimum Gasteiger partial charge on any atom is -0.272 e. The lowest BCUT2D eigenvalue weighted by Crippen LogP contribution is -2.30. The summed E-state index contributed by atoms with van der Waals surface area (Å²) in [6.45, 7) is 0. The van der Waals surface area contributed by atoms with Crippen LogP contribution in [0.4, 0.5) is 0 Å². The van der Waals surface area contributed by atoms with E-state index in [1.165, 1.54) is 28.5 Å². The van der Waals surface area contributed by atoms with E-state index in [4.69, 9.17) is 5.10 Å². The number of amides is 1. The molecule has 140 valence electrons. The predicted molar refractivity (Wildman–Crippen MR) is 115 cm³/mol. The molecule has 3 aliphatic rings. The lowest BCUT2D eigenvalue weighted by Gasteiger charge is -2.30. The van der Waals surface area contributed by atoms with Gasteiger partial charge in [0.1, 0.15) is 0 Å². The maximum atomic E-state index is 11.8. The van der Waals surface area contributed by atoms with Crippen molar-refractivity contribution in [3.8, 4) is 0 Å². The van der Waals surface area contributed by atoms with E-state index in [2.05, 4.69) is 59.6 Å². The Labute approximate surface area is 169 Å². The van der Waals surface area contributed by atoms with E-state index in [0.717, 1.165) is 30.1 Å². The Morgan fingerprint density at radius 3 is 2.50 bits per heavy atom. The van der Waals surface area contributed by atoms with Crippen LogP contribution < -0.4 is 0 Å². The highest BCUT2D eigenvalue weighted by atomic mass is 32.2. The number of hydrogen-bond acceptors (Lipinski definition) is 4. The molecule has 4 nitrogen and oxygen atoms in total. The molecule has 5 heteroatoms. The number of carbonyl (C=O) groups excluding carboxylic acids is 1. The second kappa shape index (κ2) is 7.40. The van der Waals surface area contributed by atoms with Gasteiger partial charge in [-0.1, -0.05) is 72.4 Å². The lowest BCUT2D eigenvalue weighted by atomic mass is 9.77. The topological polar surface area (TPSA) is 45.0 Å². The zero-order valence-electron chi connectivity index (χ0n) is 15.5. The number of nitrogens with zero attached hydrogens (tertiary/aromatic N) is 3. The van der Waals surface area contributed by atoms with Crippen LogP contribution in [0.15, 0.2) is 76.3 Å². The Morgan fingerprint density at radius 1 is 1.04 bits per heavy atom. The monoisotopic (exact) mass is 387 g/mol. The number of benzene rings is 2. The fourth-order valence-corrected chi connectivity index (χ4v) is 5.08. The molecule has 1 amide bonds. The first-order chi connectivity index (χ1) is 13.8. The summed E-state index contributed by atoms with van der Waals surface area (Å²) in [5.74, 6) is 0.669. The molecule has 0 radical (unpaired) electrons. The third-order valence-corrected chi connectivity index (χ3v) is 6.45. The van der Waals surface area contributed by atoms with Crippen molar-refractivity contribution in [2.75, 3.05) is 5.75 Å². The standard InChI is InChI=1S/C23H21N3OS/c27-20-15-28-23(24-20)26-22(17-10-5-2-6-11-17)19-13-7-12-18(21(19)25-26)14-16-8-3-1-4-9-16/h1-6,8-11,14,19,22H,7,12-13,15H2/b18-14-/t19-,22-/m1/s1. The highest BCUT2D eigenvalue weighted by Crippen LogP contribution is 2.45. The number of thioether (sulfide) groups is 1. The molecule has 2 aliphatic heterocycles. The van der Waals surface area contributed by atoms with Crippen molar-refractivity contribution in [3.63, 3.8) is 0 Å². The van der Waals surface area contributed by atoms with Crippen LogP contribution in [-0.2, 0) is 4.79 Å². The second-order valence-electron chi connectivity index (χ2n) is 7.34. The van der Waals surface area contributed by atoms with E-state index in [-0.39, 0.29) is 11.9 Å². The van der Waals surface area contributed by atoms with Crippen molar-refractivity contribution in [1.82, 2.24) is 5.01 Å². The molecule has 2 heterocycles. The molecule has 0 bridgehead atoms. The minimum atomic E-state index is -0.0677. The van der Waals surface area contributed by atoms with Crippen LogP contribution in [0.3, 0.4) is 0 Å². The summed E-state index contributed by atoms with van der Waals surface area (Å²) >= 11 is 1.50. The van der Waals surface area contributed by atoms with Gasteiger partial charge in [0.25, 0.3) is 5.91 Å². The SMILES string of the molecule is O=C1CSC(N2N=C3/C(=C\c4ccccc4)CCC[C@H]3[C@H]2c2ccccc2)=N1. The Kier molecular flexibility index (Phi) is 4.61. The minimum absolute atomic E-state index is 0.0677. The van der Waals surface area contributed by atoms with Gasteiger partial charge >= 0.3 is 0 Å². The molecule has 0 aromatic heterocycles. The van der Waals surface area contributed by atoms with Gasteiger partial charge in [0.05, 0.1) is 17.5 Å².